The van der Waals surface area contributed by atoms with Gasteiger partial charge in [-0.1, -0.05) is 11.6 Å². The molecule has 0 bridgehead atoms. The van der Waals surface area contributed by atoms with Gasteiger partial charge in [0.15, 0.2) is 0 Å². The van der Waals surface area contributed by atoms with Crippen LogP contribution in [0.4, 0.5) is 16.6 Å². The van der Waals surface area contributed by atoms with Gasteiger partial charge in [0.2, 0.25) is 5.95 Å². The Balaban J connectivity index is 1.53. The van der Waals surface area contributed by atoms with Crippen LogP contribution in [0.5, 0.6) is 0 Å². The number of carbonyl (C=O) groups is 1. The molecule has 1 fully saturated rings. The topological polar surface area (TPSA) is 94.4 Å². The Labute approximate surface area is 210 Å². The van der Waals surface area contributed by atoms with Crippen molar-refractivity contribution in [3.63, 3.8) is 0 Å². The maximum atomic E-state index is 12.6. The number of carbonyl (C=O) groups excluding carboxylic acids is 1. The zero-order chi connectivity index (χ0) is 25.3. The SMILES string of the molecule is Cc1cc(N2C(=O)OC[C@@H]2[C@@H](C)OC(C)(C)C)nc(N[C@@H](C)c2cn(-c3ccc(Cl)cc3)cn2)n1. The number of halogens is 1. The number of rotatable bonds is 7. The van der Waals surface area contributed by atoms with E-state index >= 15 is 0 Å². The summed E-state index contributed by atoms with van der Waals surface area (Å²) in [5.74, 6) is 0.868. The Bertz CT molecular complexity index is 1190. The number of benzene rings is 1. The molecular formula is C25H31ClN6O3. The molecule has 2 aromatic heterocycles. The van der Waals surface area contributed by atoms with Crippen LogP contribution < -0.4 is 10.2 Å². The summed E-state index contributed by atoms with van der Waals surface area (Å²) in [5, 5.41) is 3.99. The van der Waals surface area contributed by atoms with Crippen molar-refractivity contribution in [1.29, 1.82) is 0 Å². The van der Waals surface area contributed by atoms with Gasteiger partial charge in [0.25, 0.3) is 0 Å². The van der Waals surface area contributed by atoms with Gasteiger partial charge in [-0.3, -0.25) is 4.90 Å². The fourth-order valence-electron chi connectivity index (χ4n) is 4.00. The number of nitrogens with zero attached hydrogens (tertiary/aromatic N) is 5. The van der Waals surface area contributed by atoms with Crippen LogP contribution in [0.25, 0.3) is 5.69 Å². The minimum atomic E-state index is -0.446. The predicted octanol–water partition coefficient (Wildman–Crippen LogP) is 5.33. The largest absolute Gasteiger partial charge is 0.447 e. The predicted molar refractivity (Wildman–Crippen MR) is 135 cm³/mol. The van der Waals surface area contributed by atoms with Gasteiger partial charge in [-0.2, -0.15) is 4.98 Å². The number of hydrogen-bond acceptors (Lipinski definition) is 7. The van der Waals surface area contributed by atoms with Crippen LogP contribution >= 0.6 is 11.6 Å². The number of anilines is 2. The summed E-state index contributed by atoms with van der Waals surface area (Å²) in [6.45, 7) is 12.0. The van der Waals surface area contributed by atoms with E-state index in [4.69, 9.17) is 21.1 Å². The van der Waals surface area contributed by atoms with Gasteiger partial charge in [0.1, 0.15) is 18.5 Å². The fraction of sp³-hybridized carbons (Fsp3) is 0.440. The maximum absolute atomic E-state index is 12.6. The highest BCUT2D eigenvalue weighted by Gasteiger charge is 2.40. The first kappa shape index (κ1) is 24.9. The lowest BCUT2D eigenvalue weighted by Gasteiger charge is -2.31. The quantitative estimate of drug-likeness (QED) is 0.470. The molecule has 1 aliphatic rings. The van der Waals surface area contributed by atoms with Crippen molar-refractivity contribution in [3.05, 3.63) is 59.3 Å². The van der Waals surface area contributed by atoms with Crippen LogP contribution in [-0.4, -0.2) is 50.0 Å². The van der Waals surface area contributed by atoms with Crippen molar-refractivity contribution in [3.8, 4) is 5.69 Å². The van der Waals surface area contributed by atoms with E-state index in [2.05, 4.69) is 20.3 Å². The molecule has 1 aliphatic heterocycles. The van der Waals surface area contributed by atoms with Gasteiger partial charge >= 0.3 is 6.09 Å². The summed E-state index contributed by atoms with van der Waals surface area (Å²) < 4.78 is 13.4. The Morgan fingerprint density at radius 2 is 1.91 bits per heavy atom. The normalized spacial score (nSPS) is 17.9. The van der Waals surface area contributed by atoms with Gasteiger partial charge < -0.3 is 19.4 Å². The van der Waals surface area contributed by atoms with Gasteiger partial charge in [-0.05, 0) is 65.8 Å². The van der Waals surface area contributed by atoms with Gasteiger partial charge in [-0.25, -0.2) is 14.8 Å². The second-order valence-electron chi connectivity index (χ2n) is 9.69. The van der Waals surface area contributed by atoms with Crippen molar-refractivity contribution in [2.24, 2.45) is 0 Å². The summed E-state index contributed by atoms with van der Waals surface area (Å²) in [7, 11) is 0. The molecule has 0 radical (unpaired) electrons. The van der Waals surface area contributed by atoms with E-state index in [9.17, 15) is 4.79 Å². The molecule has 3 heterocycles. The van der Waals surface area contributed by atoms with E-state index in [1.807, 2.05) is 76.6 Å². The van der Waals surface area contributed by atoms with Gasteiger partial charge in [0.05, 0.1) is 29.8 Å². The van der Waals surface area contributed by atoms with Crippen LogP contribution in [0.15, 0.2) is 42.9 Å². The summed E-state index contributed by atoms with van der Waals surface area (Å²) in [5.41, 5.74) is 2.15. The second kappa shape index (κ2) is 9.83. The number of nitrogens with one attached hydrogen (secondary N) is 1. The first-order valence-electron chi connectivity index (χ1n) is 11.6. The van der Waals surface area contributed by atoms with Crippen molar-refractivity contribution < 1.29 is 14.3 Å². The summed E-state index contributed by atoms with van der Waals surface area (Å²) in [6, 6.07) is 8.83. The number of imidazole rings is 1. The van der Waals surface area contributed by atoms with E-state index < -0.39 is 6.09 Å². The third-order valence-corrected chi connectivity index (χ3v) is 5.84. The van der Waals surface area contributed by atoms with Crippen molar-refractivity contribution in [2.45, 2.75) is 65.3 Å². The number of ether oxygens (including phenoxy) is 2. The average molecular weight is 499 g/mol. The first-order valence-corrected chi connectivity index (χ1v) is 11.9. The molecule has 35 heavy (non-hydrogen) atoms. The highest BCUT2D eigenvalue weighted by molar-refractivity contribution is 6.30. The molecule has 1 N–H and O–H groups in total. The minimum absolute atomic E-state index is 0.178. The van der Waals surface area contributed by atoms with Crippen LogP contribution in [0, 0.1) is 6.92 Å². The molecule has 3 atom stereocenters. The monoisotopic (exact) mass is 498 g/mol. The molecule has 1 aromatic carbocycles. The maximum Gasteiger partial charge on any atom is 0.416 e. The second-order valence-corrected chi connectivity index (χ2v) is 10.1. The molecule has 10 heteroatoms. The molecule has 4 rings (SSSR count). The van der Waals surface area contributed by atoms with E-state index in [1.54, 1.807) is 17.3 Å². The summed E-state index contributed by atoms with van der Waals surface area (Å²) in [4.78, 5) is 27.9. The van der Waals surface area contributed by atoms with Gasteiger partial charge in [0, 0.05) is 28.7 Å². The Kier molecular flexibility index (Phi) is 7.00. The van der Waals surface area contributed by atoms with Crippen LogP contribution in [0.3, 0.4) is 0 Å². The van der Waals surface area contributed by atoms with Crippen molar-refractivity contribution >= 4 is 29.5 Å². The lowest BCUT2D eigenvalue weighted by molar-refractivity contribution is -0.0618. The summed E-state index contributed by atoms with van der Waals surface area (Å²) in [6.07, 6.45) is 3.00. The fourth-order valence-corrected chi connectivity index (χ4v) is 4.13. The molecule has 9 nitrogen and oxygen atoms in total. The van der Waals surface area contributed by atoms with Crippen LogP contribution in [-0.2, 0) is 9.47 Å². The molecule has 0 aliphatic carbocycles. The molecule has 1 amide bonds. The standard InChI is InChI=1S/C25H31ClN6O3/c1-15-11-22(32-21(13-34-24(32)33)17(3)35-25(4,5)6)30-23(28-15)29-16(2)20-12-31(14-27-20)19-9-7-18(26)8-10-19/h7-12,14,16-17,21H,13H2,1-6H3,(H,28,29,30)/t16-,17+,21+/m0/s1. The van der Waals surface area contributed by atoms with E-state index in [0.717, 1.165) is 17.1 Å². The van der Waals surface area contributed by atoms with Crippen molar-refractivity contribution in [2.75, 3.05) is 16.8 Å². The number of cyclic esters (lactones) is 1. The Hall–Kier alpha value is -3.17. The summed E-state index contributed by atoms with van der Waals surface area (Å²) >= 11 is 5.99. The molecular weight excluding hydrogens is 468 g/mol. The van der Waals surface area contributed by atoms with Crippen LogP contribution in [0.2, 0.25) is 5.02 Å². The third kappa shape index (κ3) is 5.91. The Morgan fingerprint density at radius 3 is 2.60 bits per heavy atom. The Morgan fingerprint density at radius 1 is 1.20 bits per heavy atom. The molecule has 186 valence electrons. The molecule has 1 saturated heterocycles. The van der Waals surface area contributed by atoms with Crippen molar-refractivity contribution in [1.82, 2.24) is 19.5 Å². The van der Waals surface area contributed by atoms with Gasteiger partial charge in [-0.15, -0.1) is 0 Å². The van der Waals surface area contributed by atoms with E-state index in [1.165, 1.54) is 0 Å². The third-order valence-electron chi connectivity index (χ3n) is 5.59. The average Bonchev–Trinajstić information content (AvgIpc) is 3.40. The molecule has 3 aromatic rings. The smallest absolute Gasteiger partial charge is 0.416 e. The zero-order valence-electron chi connectivity index (χ0n) is 20.8. The number of amides is 1. The minimum Gasteiger partial charge on any atom is -0.447 e. The molecule has 0 saturated carbocycles. The number of aryl methyl sites for hydroxylation is 1. The van der Waals surface area contributed by atoms with Crippen LogP contribution in [0.1, 0.15) is 52.0 Å². The molecule has 0 unspecified atom stereocenters. The highest BCUT2D eigenvalue weighted by Crippen LogP contribution is 2.28. The highest BCUT2D eigenvalue weighted by atomic mass is 35.5. The van der Waals surface area contributed by atoms with E-state index in [0.29, 0.717) is 16.8 Å². The number of aromatic nitrogens is 4. The van der Waals surface area contributed by atoms with E-state index in [-0.39, 0.29) is 30.4 Å². The number of hydrogen-bond donors (Lipinski definition) is 1. The zero-order valence-corrected chi connectivity index (χ0v) is 21.6. The lowest BCUT2D eigenvalue weighted by atomic mass is 10.1. The first-order chi connectivity index (χ1) is 16.5. The molecule has 0 spiro atoms. The lowest BCUT2D eigenvalue weighted by Crippen LogP contribution is -2.45.